The molecule has 2 amide bonds. The highest BCUT2D eigenvalue weighted by Crippen LogP contribution is 2.25. The van der Waals surface area contributed by atoms with Crippen molar-refractivity contribution in [2.45, 2.75) is 0 Å². The number of nitrogens with one attached hydrogen (secondary N) is 2. The van der Waals surface area contributed by atoms with Crippen molar-refractivity contribution in [3.63, 3.8) is 0 Å². The Morgan fingerprint density at radius 3 is 2.22 bits per heavy atom. The Kier molecular flexibility index (Phi) is 7.86. The van der Waals surface area contributed by atoms with E-state index in [1.165, 1.54) is 20.4 Å². The standard InChI is InChI=1S/C23H19BrClN3O4/c1-31-18-9-15(10-19(12-18)32-2)22(29)27-21-8-5-16(24)11-20(21)23(30)28-26-13-14-3-6-17(25)7-4-14/h3-13H,1-2H3,(H,27,29)(H,28,30)/b26-13+. The second-order valence-electron chi connectivity index (χ2n) is 6.50. The molecule has 0 spiro atoms. The monoisotopic (exact) mass is 515 g/mol. The molecule has 0 fully saturated rings. The van der Waals surface area contributed by atoms with Crippen LogP contribution in [-0.4, -0.2) is 32.2 Å². The minimum Gasteiger partial charge on any atom is -0.497 e. The molecule has 0 aromatic heterocycles. The topological polar surface area (TPSA) is 89.0 Å². The molecule has 0 bridgehead atoms. The lowest BCUT2D eigenvalue weighted by molar-refractivity contribution is 0.0956. The fourth-order valence-corrected chi connectivity index (χ4v) is 3.21. The number of benzene rings is 3. The maximum absolute atomic E-state index is 12.8. The molecule has 0 aliphatic carbocycles. The van der Waals surface area contributed by atoms with Crippen molar-refractivity contribution in [2.24, 2.45) is 5.10 Å². The van der Waals surface area contributed by atoms with Gasteiger partial charge in [-0.2, -0.15) is 5.10 Å². The summed E-state index contributed by atoms with van der Waals surface area (Å²) in [6.07, 6.45) is 1.49. The fraction of sp³-hybridized carbons (Fsp3) is 0.0870. The van der Waals surface area contributed by atoms with Gasteiger partial charge < -0.3 is 14.8 Å². The first-order valence-electron chi connectivity index (χ1n) is 9.32. The van der Waals surface area contributed by atoms with Crippen molar-refractivity contribution in [3.8, 4) is 11.5 Å². The molecule has 0 unspecified atom stereocenters. The molecule has 0 radical (unpaired) electrons. The van der Waals surface area contributed by atoms with Crippen LogP contribution in [0.3, 0.4) is 0 Å². The molecule has 0 atom stereocenters. The largest absolute Gasteiger partial charge is 0.497 e. The number of anilines is 1. The Morgan fingerprint density at radius 2 is 1.59 bits per heavy atom. The Morgan fingerprint density at radius 1 is 0.938 bits per heavy atom. The van der Waals surface area contributed by atoms with Gasteiger partial charge in [0.25, 0.3) is 11.8 Å². The Bertz CT molecular complexity index is 1140. The van der Waals surface area contributed by atoms with E-state index in [-0.39, 0.29) is 5.56 Å². The maximum Gasteiger partial charge on any atom is 0.273 e. The first kappa shape index (κ1) is 23.3. The Hall–Kier alpha value is -3.36. The van der Waals surface area contributed by atoms with E-state index >= 15 is 0 Å². The summed E-state index contributed by atoms with van der Waals surface area (Å²) in [6.45, 7) is 0. The van der Waals surface area contributed by atoms with E-state index in [0.717, 1.165) is 5.56 Å². The number of carbonyl (C=O) groups is 2. The SMILES string of the molecule is COc1cc(OC)cc(C(=O)Nc2ccc(Br)cc2C(=O)N/N=C/c2ccc(Cl)cc2)c1. The quantitative estimate of drug-likeness (QED) is 0.336. The van der Waals surface area contributed by atoms with Crippen LogP contribution in [0.4, 0.5) is 5.69 Å². The van der Waals surface area contributed by atoms with Gasteiger partial charge in [0.1, 0.15) is 11.5 Å². The van der Waals surface area contributed by atoms with Gasteiger partial charge in [-0.05, 0) is 48.0 Å². The number of nitrogens with zero attached hydrogens (tertiary/aromatic N) is 1. The molecule has 0 aliphatic heterocycles. The number of hydrazone groups is 1. The van der Waals surface area contributed by atoms with Crippen LogP contribution >= 0.6 is 27.5 Å². The van der Waals surface area contributed by atoms with Gasteiger partial charge in [0.15, 0.2) is 0 Å². The lowest BCUT2D eigenvalue weighted by Gasteiger charge is -2.12. The maximum atomic E-state index is 12.8. The van der Waals surface area contributed by atoms with Crippen molar-refractivity contribution in [3.05, 3.63) is 86.8 Å². The average Bonchev–Trinajstić information content (AvgIpc) is 2.80. The van der Waals surface area contributed by atoms with Crippen molar-refractivity contribution in [1.29, 1.82) is 0 Å². The number of hydrogen-bond acceptors (Lipinski definition) is 5. The normalized spacial score (nSPS) is 10.6. The first-order chi connectivity index (χ1) is 15.4. The van der Waals surface area contributed by atoms with Crippen LogP contribution in [0.25, 0.3) is 0 Å². The number of rotatable bonds is 7. The summed E-state index contributed by atoms with van der Waals surface area (Å²) in [4.78, 5) is 25.6. The lowest BCUT2D eigenvalue weighted by Crippen LogP contribution is -2.21. The van der Waals surface area contributed by atoms with Gasteiger partial charge in [-0.1, -0.05) is 39.7 Å². The molecular formula is C23H19BrClN3O4. The van der Waals surface area contributed by atoms with Gasteiger partial charge >= 0.3 is 0 Å². The van der Waals surface area contributed by atoms with Crippen molar-refractivity contribution >= 4 is 51.2 Å². The molecule has 0 heterocycles. The molecule has 9 heteroatoms. The van der Waals surface area contributed by atoms with Crippen LogP contribution < -0.4 is 20.2 Å². The van der Waals surface area contributed by atoms with Crippen LogP contribution in [0.2, 0.25) is 5.02 Å². The van der Waals surface area contributed by atoms with Gasteiger partial charge in [-0.25, -0.2) is 5.43 Å². The summed E-state index contributed by atoms with van der Waals surface area (Å²) in [5.41, 5.74) is 4.10. The summed E-state index contributed by atoms with van der Waals surface area (Å²) in [6, 6.07) is 16.7. The highest BCUT2D eigenvalue weighted by molar-refractivity contribution is 9.10. The minimum atomic E-state index is -0.491. The summed E-state index contributed by atoms with van der Waals surface area (Å²) >= 11 is 9.21. The third kappa shape index (κ3) is 6.09. The zero-order valence-corrected chi connectivity index (χ0v) is 19.5. The molecule has 3 aromatic rings. The lowest BCUT2D eigenvalue weighted by atomic mass is 10.1. The third-order valence-corrected chi connectivity index (χ3v) is 5.08. The van der Waals surface area contributed by atoms with Crippen LogP contribution in [-0.2, 0) is 0 Å². The molecular weight excluding hydrogens is 498 g/mol. The van der Waals surface area contributed by atoms with E-state index < -0.39 is 11.8 Å². The summed E-state index contributed by atoms with van der Waals surface area (Å²) in [7, 11) is 3.00. The first-order valence-corrected chi connectivity index (χ1v) is 10.5. The number of amides is 2. The minimum absolute atomic E-state index is 0.232. The molecule has 7 nitrogen and oxygen atoms in total. The van der Waals surface area contributed by atoms with Crippen LogP contribution in [0, 0.1) is 0 Å². The Labute approximate surface area is 198 Å². The summed E-state index contributed by atoms with van der Waals surface area (Å²) in [5, 5.41) is 7.33. The molecule has 32 heavy (non-hydrogen) atoms. The third-order valence-electron chi connectivity index (χ3n) is 4.34. The van der Waals surface area contributed by atoms with Gasteiger partial charge in [0.2, 0.25) is 0 Å². The Balaban J connectivity index is 1.79. The predicted octanol–water partition coefficient (Wildman–Crippen LogP) is 5.14. The highest BCUT2D eigenvalue weighted by Gasteiger charge is 2.16. The number of methoxy groups -OCH3 is 2. The molecule has 0 saturated carbocycles. The van der Waals surface area contributed by atoms with E-state index in [4.69, 9.17) is 21.1 Å². The van der Waals surface area contributed by atoms with Gasteiger partial charge in [0.05, 0.1) is 31.7 Å². The van der Waals surface area contributed by atoms with Gasteiger partial charge in [-0.3, -0.25) is 9.59 Å². The van der Waals surface area contributed by atoms with Crippen LogP contribution in [0.15, 0.2) is 70.2 Å². The molecule has 164 valence electrons. The van der Waals surface area contributed by atoms with Crippen LogP contribution in [0.5, 0.6) is 11.5 Å². The number of halogens is 2. The molecule has 3 rings (SSSR count). The zero-order chi connectivity index (χ0) is 23.1. The van der Waals surface area contributed by atoms with E-state index in [1.54, 1.807) is 60.7 Å². The van der Waals surface area contributed by atoms with Crippen LogP contribution in [0.1, 0.15) is 26.3 Å². The van der Waals surface area contributed by atoms with Crippen molar-refractivity contribution in [1.82, 2.24) is 5.43 Å². The summed E-state index contributed by atoms with van der Waals surface area (Å²) in [5.74, 6) is 0.0258. The predicted molar refractivity (Wildman–Crippen MR) is 128 cm³/mol. The number of ether oxygens (including phenoxy) is 2. The number of hydrogen-bond donors (Lipinski definition) is 2. The van der Waals surface area contributed by atoms with E-state index in [0.29, 0.717) is 32.2 Å². The molecule has 0 saturated heterocycles. The molecule has 2 N–H and O–H groups in total. The smallest absolute Gasteiger partial charge is 0.273 e. The van der Waals surface area contributed by atoms with E-state index in [1.807, 2.05) is 0 Å². The van der Waals surface area contributed by atoms with Crippen molar-refractivity contribution in [2.75, 3.05) is 19.5 Å². The van der Waals surface area contributed by atoms with Gasteiger partial charge in [-0.15, -0.1) is 0 Å². The summed E-state index contributed by atoms with van der Waals surface area (Å²) < 4.78 is 11.1. The van der Waals surface area contributed by atoms with Gasteiger partial charge in [0, 0.05) is 21.1 Å². The molecule has 0 aliphatic rings. The highest BCUT2D eigenvalue weighted by atomic mass is 79.9. The second kappa shape index (κ2) is 10.8. The number of carbonyl (C=O) groups excluding carboxylic acids is 2. The second-order valence-corrected chi connectivity index (χ2v) is 7.85. The molecule has 3 aromatic carbocycles. The fourth-order valence-electron chi connectivity index (χ4n) is 2.72. The van der Waals surface area contributed by atoms with E-state index in [9.17, 15) is 9.59 Å². The average molecular weight is 517 g/mol. The van der Waals surface area contributed by atoms with E-state index in [2.05, 4.69) is 31.8 Å². The zero-order valence-electron chi connectivity index (χ0n) is 17.2. The van der Waals surface area contributed by atoms with Crippen molar-refractivity contribution < 1.29 is 19.1 Å².